The Morgan fingerprint density at radius 3 is 3.04 bits per heavy atom. The van der Waals surface area contributed by atoms with E-state index in [-0.39, 0.29) is 11.9 Å². The van der Waals surface area contributed by atoms with Gasteiger partial charge < -0.3 is 9.88 Å². The van der Waals surface area contributed by atoms with Crippen molar-refractivity contribution in [3.63, 3.8) is 0 Å². The summed E-state index contributed by atoms with van der Waals surface area (Å²) in [6.45, 7) is 2.85. The molecule has 0 aromatic carbocycles. The lowest BCUT2D eigenvalue weighted by molar-refractivity contribution is 0.0937. The van der Waals surface area contributed by atoms with Gasteiger partial charge in [0.2, 0.25) is 0 Å². The molecule has 0 saturated carbocycles. The van der Waals surface area contributed by atoms with Crippen LogP contribution < -0.4 is 5.32 Å². The maximum Gasteiger partial charge on any atom is 0.252 e. The van der Waals surface area contributed by atoms with E-state index in [9.17, 15) is 4.79 Å². The summed E-state index contributed by atoms with van der Waals surface area (Å²) in [6, 6.07) is 3.22. The molecule has 0 radical (unpaired) electrons. The van der Waals surface area contributed by atoms with Gasteiger partial charge in [-0.3, -0.25) is 9.36 Å². The fourth-order valence-electron chi connectivity index (χ4n) is 3.09. The van der Waals surface area contributed by atoms with Crippen LogP contribution in [0.25, 0.3) is 5.82 Å². The van der Waals surface area contributed by atoms with Crippen molar-refractivity contribution in [3.05, 3.63) is 54.3 Å². The van der Waals surface area contributed by atoms with E-state index in [1.807, 2.05) is 6.92 Å². The molecule has 1 atom stereocenters. The van der Waals surface area contributed by atoms with Gasteiger partial charge in [-0.1, -0.05) is 0 Å². The number of carbonyl (C=O) groups is 1. The zero-order valence-corrected chi connectivity index (χ0v) is 14.0. The van der Waals surface area contributed by atoms with Crippen LogP contribution in [-0.2, 0) is 13.0 Å². The second-order valence-corrected chi connectivity index (χ2v) is 6.15. The van der Waals surface area contributed by atoms with Crippen molar-refractivity contribution in [2.24, 2.45) is 0 Å². The highest BCUT2D eigenvalue weighted by Gasteiger charge is 2.21. The van der Waals surface area contributed by atoms with Crippen molar-refractivity contribution >= 4 is 5.91 Å². The third-order valence-corrected chi connectivity index (χ3v) is 4.40. The fraction of sp³-hybridized carbons (Fsp3) is 0.353. The minimum atomic E-state index is -0.211. The van der Waals surface area contributed by atoms with Gasteiger partial charge in [0.05, 0.1) is 6.04 Å². The number of imidazole rings is 1. The monoisotopic (exact) mass is 337 g/mol. The molecule has 25 heavy (non-hydrogen) atoms. The van der Waals surface area contributed by atoms with Crippen LogP contribution in [0.2, 0.25) is 0 Å². The number of fused-ring (bicyclic) bond motifs is 1. The summed E-state index contributed by atoms with van der Waals surface area (Å²) in [4.78, 5) is 20.9. The number of nitrogens with zero attached hydrogens (tertiary/aromatic N) is 6. The van der Waals surface area contributed by atoms with E-state index in [1.165, 1.54) is 0 Å². The molecule has 0 unspecified atom stereocenters. The quantitative estimate of drug-likeness (QED) is 0.782. The fourth-order valence-corrected chi connectivity index (χ4v) is 3.09. The average molecular weight is 337 g/mol. The Hall–Kier alpha value is -3.03. The number of rotatable bonds is 4. The molecule has 8 heteroatoms. The molecule has 3 aromatic heterocycles. The van der Waals surface area contributed by atoms with E-state index in [1.54, 1.807) is 41.6 Å². The first-order valence-electron chi connectivity index (χ1n) is 8.39. The number of carbonyl (C=O) groups excluding carboxylic acids is 1. The molecule has 0 bridgehead atoms. The van der Waals surface area contributed by atoms with E-state index in [0.29, 0.717) is 11.4 Å². The van der Waals surface area contributed by atoms with Gasteiger partial charge in [0.1, 0.15) is 18.0 Å². The Morgan fingerprint density at radius 1 is 1.28 bits per heavy atom. The minimum absolute atomic E-state index is 0.163. The number of amides is 1. The van der Waals surface area contributed by atoms with Gasteiger partial charge >= 0.3 is 0 Å². The molecule has 1 N–H and O–H groups in total. The zero-order valence-electron chi connectivity index (χ0n) is 14.0. The van der Waals surface area contributed by atoms with Gasteiger partial charge in [0, 0.05) is 37.1 Å². The van der Waals surface area contributed by atoms with Gasteiger partial charge in [-0.05, 0) is 31.9 Å². The molecule has 0 spiro atoms. The summed E-state index contributed by atoms with van der Waals surface area (Å²) < 4.78 is 3.88. The van der Waals surface area contributed by atoms with E-state index in [2.05, 4.69) is 30.0 Å². The summed E-state index contributed by atoms with van der Waals surface area (Å²) in [5.41, 5.74) is 0.545. The predicted molar refractivity (Wildman–Crippen MR) is 90.2 cm³/mol. The van der Waals surface area contributed by atoms with E-state index in [4.69, 9.17) is 0 Å². The van der Waals surface area contributed by atoms with Gasteiger partial charge in [-0.2, -0.15) is 0 Å². The molecular formula is C17H19N7O. The van der Waals surface area contributed by atoms with Crippen LogP contribution in [0, 0.1) is 0 Å². The zero-order chi connectivity index (χ0) is 17.2. The largest absolute Gasteiger partial charge is 0.342 e. The van der Waals surface area contributed by atoms with Gasteiger partial charge in [0.25, 0.3) is 5.91 Å². The molecule has 128 valence electrons. The number of pyridine rings is 1. The second kappa shape index (κ2) is 6.46. The topological polar surface area (TPSA) is 90.5 Å². The van der Waals surface area contributed by atoms with Gasteiger partial charge in [0.15, 0.2) is 5.82 Å². The highest BCUT2D eigenvalue weighted by Crippen LogP contribution is 2.19. The molecule has 1 amide bonds. The first-order valence-corrected chi connectivity index (χ1v) is 8.39. The first-order chi connectivity index (χ1) is 12.2. The smallest absolute Gasteiger partial charge is 0.252 e. The van der Waals surface area contributed by atoms with Crippen LogP contribution in [0.1, 0.15) is 47.8 Å². The SMILES string of the molecule is C[C@H](NC(=O)c1ccnc(-n2ccnc2)c1)c1nnc2n1CCCC2. The van der Waals surface area contributed by atoms with Crippen molar-refractivity contribution in [2.45, 2.75) is 38.8 Å². The van der Waals surface area contributed by atoms with Crippen molar-refractivity contribution in [3.8, 4) is 5.82 Å². The molecular weight excluding hydrogens is 318 g/mol. The standard InChI is InChI=1S/C17H19N7O/c1-12(16-22-21-14-4-2-3-8-24(14)16)20-17(25)13-5-6-19-15(10-13)23-9-7-18-11-23/h5-7,9-12H,2-4,8H2,1H3,(H,20,25)/t12-/m0/s1. The van der Waals surface area contributed by atoms with Crippen molar-refractivity contribution in [2.75, 3.05) is 0 Å². The van der Waals surface area contributed by atoms with Gasteiger partial charge in [-0.15, -0.1) is 10.2 Å². The van der Waals surface area contributed by atoms with Crippen molar-refractivity contribution in [1.82, 2.24) is 34.6 Å². The van der Waals surface area contributed by atoms with Crippen LogP contribution in [0.5, 0.6) is 0 Å². The Bertz CT molecular complexity index is 884. The lowest BCUT2D eigenvalue weighted by atomic mass is 10.1. The molecule has 1 aliphatic heterocycles. The molecule has 4 rings (SSSR count). The summed E-state index contributed by atoms with van der Waals surface area (Å²) in [5.74, 6) is 2.31. The minimum Gasteiger partial charge on any atom is -0.342 e. The summed E-state index contributed by atoms with van der Waals surface area (Å²) in [6.07, 6.45) is 9.94. The Morgan fingerprint density at radius 2 is 2.20 bits per heavy atom. The summed E-state index contributed by atoms with van der Waals surface area (Å²) in [7, 11) is 0. The second-order valence-electron chi connectivity index (χ2n) is 6.15. The summed E-state index contributed by atoms with van der Waals surface area (Å²) in [5, 5.41) is 11.5. The third-order valence-electron chi connectivity index (χ3n) is 4.40. The van der Waals surface area contributed by atoms with Crippen molar-refractivity contribution in [1.29, 1.82) is 0 Å². The van der Waals surface area contributed by atoms with Crippen molar-refractivity contribution < 1.29 is 4.79 Å². The summed E-state index contributed by atoms with van der Waals surface area (Å²) >= 11 is 0. The maximum atomic E-state index is 12.6. The Kier molecular flexibility index (Phi) is 4.01. The lowest BCUT2D eigenvalue weighted by Crippen LogP contribution is -2.29. The van der Waals surface area contributed by atoms with Crippen LogP contribution in [0.15, 0.2) is 37.1 Å². The molecule has 0 fully saturated rings. The molecule has 8 nitrogen and oxygen atoms in total. The highest BCUT2D eigenvalue weighted by atomic mass is 16.1. The van der Waals surface area contributed by atoms with Crippen LogP contribution in [-0.4, -0.2) is 35.2 Å². The number of hydrogen-bond acceptors (Lipinski definition) is 5. The normalized spacial score (nSPS) is 14.8. The third kappa shape index (κ3) is 3.02. The van der Waals surface area contributed by atoms with E-state index in [0.717, 1.165) is 37.5 Å². The molecule has 1 aliphatic rings. The number of hydrogen-bond donors (Lipinski definition) is 1. The van der Waals surface area contributed by atoms with E-state index >= 15 is 0 Å². The molecule has 0 aliphatic carbocycles. The predicted octanol–water partition coefficient (Wildman–Crippen LogP) is 1.69. The first kappa shape index (κ1) is 15.5. The number of aryl methyl sites for hydroxylation is 1. The molecule has 3 aromatic rings. The number of aromatic nitrogens is 6. The van der Waals surface area contributed by atoms with Gasteiger partial charge in [-0.25, -0.2) is 9.97 Å². The Labute approximate surface area is 144 Å². The molecule has 4 heterocycles. The van der Waals surface area contributed by atoms with Crippen LogP contribution in [0.4, 0.5) is 0 Å². The van der Waals surface area contributed by atoms with E-state index < -0.39 is 0 Å². The Balaban J connectivity index is 1.52. The maximum absolute atomic E-state index is 12.6. The lowest BCUT2D eigenvalue weighted by Gasteiger charge is -2.19. The number of nitrogens with one attached hydrogen (secondary N) is 1. The highest BCUT2D eigenvalue weighted by molar-refractivity contribution is 5.94. The van der Waals surface area contributed by atoms with Crippen LogP contribution >= 0.6 is 0 Å². The average Bonchev–Trinajstić information content (AvgIpc) is 3.31. The van der Waals surface area contributed by atoms with Crippen LogP contribution in [0.3, 0.4) is 0 Å². The molecule has 0 saturated heterocycles.